The summed E-state index contributed by atoms with van der Waals surface area (Å²) in [6, 6.07) is 6.22. The van der Waals surface area contributed by atoms with Crippen molar-refractivity contribution in [2.24, 2.45) is 5.92 Å². The van der Waals surface area contributed by atoms with Gasteiger partial charge in [0.25, 0.3) is 0 Å². The average Bonchev–Trinajstić information content (AvgIpc) is 2.50. The summed E-state index contributed by atoms with van der Waals surface area (Å²) in [6.45, 7) is 4.37. The first-order valence-electron chi connectivity index (χ1n) is 8.05. The Morgan fingerprint density at radius 1 is 1.33 bits per heavy atom. The number of hydrogen-bond acceptors (Lipinski definition) is 1. The van der Waals surface area contributed by atoms with Crippen LogP contribution in [0.15, 0.2) is 18.2 Å². The van der Waals surface area contributed by atoms with Crippen LogP contribution in [0.5, 0.6) is 5.75 Å². The number of aryl methyl sites for hydroxylation is 1. The van der Waals surface area contributed by atoms with Crippen molar-refractivity contribution in [2.45, 2.75) is 58.5 Å². The summed E-state index contributed by atoms with van der Waals surface area (Å²) >= 11 is 5.64. The second-order valence-electron chi connectivity index (χ2n) is 5.90. The van der Waals surface area contributed by atoms with Crippen LogP contribution in [-0.2, 0) is 0 Å². The highest BCUT2D eigenvalue weighted by atomic mass is 35.5. The summed E-state index contributed by atoms with van der Waals surface area (Å²) in [5, 5.41) is 0. The standard InChI is InChI=1S/C19H25ClO/c1-3-16-7-6-9-18(14-16)21-19-11-10-17(15(2)13-19)8-4-5-12-20/h10-11,13,16,18H,3,5-7,9,12,14H2,1-2H3. The predicted octanol–water partition coefficient (Wildman–Crippen LogP) is 5.32. The minimum Gasteiger partial charge on any atom is -0.490 e. The summed E-state index contributed by atoms with van der Waals surface area (Å²) in [6.07, 6.45) is 7.44. The molecule has 0 aliphatic heterocycles. The Balaban J connectivity index is 1.98. The summed E-state index contributed by atoms with van der Waals surface area (Å²) in [5.41, 5.74) is 2.25. The third-order valence-electron chi connectivity index (χ3n) is 4.26. The van der Waals surface area contributed by atoms with Gasteiger partial charge in [0.05, 0.1) is 6.10 Å². The zero-order chi connectivity index (χ0) is 15.1. The molecule has 2 atom stereocenters. The molecule has 1 fully saturated rings. The van der Waals surface area contributed by atoms with Crippen LogP contribution in [-0.4, -0.2) is 12.0 Å². The molecule has 114 valence electrons. The van der Waals surface area contributed by atoms with Gasteiger partial charge < -0.3 is 4.74 Å². The molecule has 0 saturated heterocycles. The van der Waals surface area contributed by atoms with Gasteiger partial charge in [-0.25, -0.2) is 0 Å². The summed E-state index contributed by atoms with van der Waals surface area (Å²) < 4.78 is 6.18. The molecule has 1 saturated carbocycles. The van der Waals surface area contributed by atoms with E-state index < -0.39 is 0 Å². The molecular formula is C19H25ClO. The van der Waals surface area contributed by atoms with Gasteiger partial charge in [-0.3, -0.25) is 0 Å². The van der Waals surface area contributed by atoms with Gasteiger partial charge in [0.2, 0.25) is 0 Å². The van der Waals surface area contributed by atoms with E-state index in [0.29, 0.717) is 12.0 Å². The van der Waals surface area contributed by atoms with Crippen LogP contribution in [0.3, 0.4) is 0 Å². The summed E-state index contributed by atoms with van der Waals surface area (Å²) in [5.74, 6) is 8.67. The van der Waals surface area contributed by atoms with E-state index in [1.54, 1.807) is 0 Å². The molecule has 0 aromatic heterocycles. The Morgan fingerprint density at radius 2 is 2.19 bits per heavy atom. The van der Waals surface area contributed by atoms with E-state index in [4.69, 9.17) is 16.3 Å². The second-order valence-corrected chi connectivity index (χ2v) is 6.28. The molecule has 0 amide bonds. The predicted molar refractivity (Wildman–Crippen MR) is 90.1 cm³/mol. The average molecular weight is 305 g/mol. The fourth-order valence-corrected chi connectivity index (χ4v) is 3.06. The van der Waals surface area contributed by atoms with Crippen LogP contribution in [0, 0.1) is 24.7 Å². The van der Waals surface area contributed by atoms with Gasteiger partial charge >= 0.3 is 0 Å². The number of rotatable bonds is 4. The normalized spacial score (nSPS) is 21.5. The highest BCUT2D eigenvalue weighted by Gasteiger charge is 2.22. The first-order valence-corrected chi connectivity index (χ1v) is 8.58. The van der Waals surface area contributed by atoms with Crippen molar-refractivity contribution >= 4 is 11.6 Å². The van der Waals surface area contributed by atoms with E-state index in [0.717, 1.165) is 23.7 Å². The van der Waals surface area contributed by atoms with Crippen molar-refractivity contribution in [3.63, 3.8) is 0 Å². The van der Waals surface area contributed by atoms with Gasteiger partial charge in [0, 0.05) is 17.9 Å². The number of halogens is 1. The highest BCUT2D eigenvalue weighted by Crippen LogP contribution is 2.30. The van der Waals surface area contributed by atoms with Crippen molar-refractivity contribution in [3.05, 3.63) is 29.3 Å². The summed E-state index contributed by atoms with van der Waals surface area (Å²) in [4.78, 5) is 0. The molecule has 1 aliphatic carbocycles. The molecule has 1 aromatic carbocycles. The van der Waals surface area contributed by atoms with Crippen LogP contribution in [0.1, 0.15) is 56.6 Å². The van der Waals surface area contributed by atoms with Crippen molar-refractivity contribution < 1.29 is 4.74 Å². The zero-order valence-corrected chi connectivity index (χ0v) is 13.9. The van der Waals surface area contributed by atoms with Crippen molar-refractivity contribution in [1.29, 1.82) is 0 Å². The first-order chi connectivity index (χ1) is 10.2. The fourth-order valence-electron chi connectivity index (χ4n) is 2.97. The lowest BCUT2D eigenvalue weighted by Gasteiger charge is -2.29. The molecule has 0 spiro atoms. The van der Waals surface area contributed by atoms with Crippen molar-refractivity contribution in [2.75, 3.05) is 5.88 Å². The lowest BCUT2D eigenvalue weighted by molar-refractivity contribution is 0.122. The van der Waals surface area contributed by atoms with Gasteiger partial charge in [-0.05, 0) is 55.9 Å². The molecule has 1 aromatic rings. The number of ether oxygens (including phenoxy) is 1. The molecule has 0 N–H and O–H groups in total. The molecule has 0 heterocycles. The maximum atomic E-state index is 6.18. The minimum absolute atomic E-state index is 0.385. The number of alkyl halides is 1. The lowest BCUT2D eigenvalue weighted by Crippen LogP contribution is -2.25. The van der Waals surface area contributed by atoms with E-state index in [1.807, 2.05) is 6.07 Å². The monoisotopic (exact) mass is 304 g/mol. The zero-order valence-electron chi connectivity index (χ0n) is 13.1. The quantitative estimate of drug-likeness (QED) is 0.540. The molecule has 0 bridgehead atoms. The van der Waals surface area contributed by atoms with Gasteiger partial charge in [-0.1, -0.05) is 31.6 Å². The van der Waals surface area contributed by atoms with Crippen molar-refractivity contribution in [1.82, 2.24) is 0 Å². The van der Waals surface area contributed by atoms with Gasteiger partial charge in [-0.15, -0.1) is 11.6 Å². The molecular weight excluding hydrogens is 280 g/mol. The molecule has 0 radical (unpaired) electrons. The Kier molecular flexibility index (Phi) is 6.46. The van der Waals surface area contributed by atoms with Gasteiger partial charge in [0.15, 0.2) is 0 Å². The van der Waals surface area contributed by atoms with Crippen LogP contribution in [0.4, 0.5) is 0 Å². The van der Waals surface area contributed by atoms with E-state index in [-0.39, 0.29) is 0 Å². The van der Waals surface area contributed by atoms with E-state index in [9.17, 15) is 0 Å². The topological polar surface area (TPSA) is 9.23 Å². The van der Waals surface area contributed by atoms with Gasteiger partial charge in [-0.2, -0.15) is 0 Å². The maximum Gasteiger partial charge on any atom is 0.120 e. The SMILES string of the molecule is CCC1CCCC(Oc2ccc(C#CCCCl)c(C)c2)C1. The highest BCUT2D eigenvalue weighted by molar-refractivity contribution is 6.18. The minimum atomic E-state index is 0.385. The Bertz CT molecular complexity index is 512. The molecule has 2 rings (SSSR count). The van der Waals surface area contributed by atoms with Crippen molar-refractivity contribution in [3.8, 4) is 17.6 Å². The molecule has 2 unspecified atom stereocenters. The molecule has 1 aliphatic rings. The van der Waals surface area contributed by atoms with Crippen LogP contribution < -0.4 is 4.74 Å². The fraction of sp³-hybridized carbons (Fsp3) is 0.579. The molecule has 21 heavy (non-hydrogen) atoms. The number of benzene rings is 1. The molecule has 1 nitrogen and oxygen atoms in total. The smallest absolute Gasteiger partial charge is 0.120 e. The van der Waals surface area contributed by atoms with Crippen LogP contribution >= 0.6 is 11.6 Å². The Morgan fingerprint density at radius 3 is 2.90 bits per heavy atom. The second kappa shape index (κ2) is 8.35. The molecule has 2 heteroatoms. The van der Waals surface area contributed by atoms with E-state index >= 15 is 0 Å². The van der Waals surface area contributed by atoms with E-state index in [1.165, 1.54) is 37.7 Å². The lowest BCUT2D eigenvalue weighted by atomic mass is 9.85. The first kappa shape index (κ1) is 16.2. The number of hydrogen-bond donors (Lipinski definition) is 0. The van der Waals surface area contributed by atoms with Crippen LogP contribution in [0.25, 0.3) is 0 Å². The van der Waals surface area contributed by atoms with E-state index in [2.05, 4.69) is 37.8 Å². The maximum absolute atomic E-state index is 6.18. The third-order valence-corrected chi connectivity index (χ3v) is 4.44. The van der Waals surface area contributed by atoms with Crippen LogP contribution in [0.2, 0.25) is 0 Å². The van der Waals surface area contributed by atoms with Gasteiger partial charge in [0.1, 0.15) is 5.75 Å². The largest absolute Gasteiger partial charge is 0.490 e. The Hall–Kier alpha value is -1.13. The summed E-state index contributed by atoms with van der Waals surface area (Å²) in [7, 11) is 0. The third kappa shape index (κ3) is 4.97. The Labute approximate surface area is 134 Å².